The summed E-state index contributed by atoms with van der Waals surface area (Å²) in [6.45, 7) is 7.06. The number of carbonyl (C=O) groups excluding carboxylic acids is 1. The van der Waals surface area contributed by atoms with Crippen molar-refractivity contribution in [3.8, 4) is 0 Å². The molecule has 0 aromatic carbocycles. The zero-order chi connectivity index (χ0) is 16.9. The predicted molar refractivity (Wildman–Crippen MR) is 110 cm³/mol. The summed E-state index contributed by atoms with van der Waals surface area (Å²) in [6, 6.07) is 2.03. The topological polar surface area (TPSA) is 71.8 Å². The van der Waals surface area contributed by atoms with Crippen LogP contribution in [0.5, 0.6) is 0 Å². The van der Waals surface area contributed by atoms with Crippen molar-refractivity contribution >= 4 is 42.1 Å². The van der Waals surface area contributed by atoms with Gasteiger partial charge in [0.15, 0.2) is 0 Å². The fourth-order valence-electron chi connectivity index (χ4n) is 3.07. The lowest BCUT2D eigenvalue weighted by molar-refractivity contribution is -0.121. The lowest BCUT2D eigenvalue weighted by Gasteiger charge is -2.23. The highest BCUT2D eigenvalue weighted by Crippen LogP contribution is 2.22. The van der Waals surface area contributed by atoms with E-state index in [0.29, 0.717) is 12.5 Å². The standard InChI is InChI=1S/C17H25N5OS.2ClH/c1-12-13(2)24-17(21-12)6-8-19-16(23)11-22-15(5-9-20-22)14-4-3-7-18-10-14;;/h5,9,14,18H,3-4,6-8,10-11H2,1-2H3,(H,19,23);2*1H. The van der Waals surface area contributed by atoms with E-state index in [2.05, 4.69) is 27.6 Å². The van der Waals surface area contributed by atoms with Crippen LogP contribution in [0.2, 0.25) is 0 Å². The van der Waals surface area contributed by atoms with Gasteiger partial charge in [0, 0.05) is 42.2 Å². The highest BCUT2D eigenvalue weighted by molar-refractivity contribution is 7.11. The van der Waals surface area contributed by atoms with Gasteiger partial charge in [-0.15, -0.1) is 36.2 Å². The van der Waals surface area contributed by atoms with Gasteiger partial charge in [0.25, 0.3) is 0 Å². The van der Waals surface area contributed by atoms with Gasteiger partial charge in [0.05, 0.1) is 10.7 Å². The van der Waals surface area contributed by atoms with E-state index < -0.39 is 0 Å². The summed E-state index contributed by atoms with van der Waals surface area (Å²) < 4.78 is 1.84. The molecule has 2 aromatic heterocycles. The first-order valence-corrected chi connectivity index (χ1v) is 9.37. The average molecular weight is 420 g/mol. The molecule has 146 valence electrons. The van der Waals surface area contributed by atoms with E-state index in [1.54, 1.807) is 17.5 Å². The molecule has 9 heteroatoms. The maximum absolute atomic E-state index is 12.2. The molecule has 0 spiro atoms. The Morgan fingerprint density at radius 2 is 2.23 bits per heavy atom. The summed E-state index contributed by atoms with van der Waals surface area (Å²) in [4.78, 5) is 18.0. The molecule has 0 radical (unpaired) electrons. The van der Waals surface area contributed by atoms with Crippen LogP contribution >= 0.6 is 36.2 Å². The molecule has 2 N–H and O–H groups in total. The number of piperidine rings is 1. The second kappa shape index (κ2) is 10.9. The van der Waals surface area contributed by atoms with Crippen LogP contribution < -0.4 is 10.6 Å². The van der Waals surface area contributed by atoms with Crippen molar-refractivity contribution in [3.05, 3.63) is 33.5 Å². The van der Waals surface area contributed by atoms with Crippen LogP contribution in [0.25, 0.3) is 0 Å². The van der Waals surface area contributed by atoms with Gasteiger partial charge in [-0.2, -0.15) is 5.10 Å². The average Bonchev–Trinajstić information content (AvgIpc) is 3.15. The molecular weight excluding hydrogens is 393 g/mol. The van der Waals surface area contributed by atoms with Crippen LogP contribution in [0.3, 0.4) is 0 Å². The maximum atomic E-state index is 12.2. The van der Waals surface area contributed by atoms with Crippen LogP contribution in [0, 0.1) is 13.8 Å². The number of rotatable bonds is 6. The number of carbonyl (C=O) groups is 1. The molecule has 0 saturated carbocycles. The predicted octanol–water partition coefficient (Wildman–Crippen LogP) is 2.63. The minimum atomic E-state index is 0. The second-order valence-corrected chi connectivity index (χ2v) is 7.59. The molecule has 1 amide bonds. The number of hydrogen-bond donors (Lipinski definition) is 2. The third-order valence-corrected chi connectivity index (χ3v) is 5.62. The molecule has 1 atom stereocenters. The molecule has 1 aliphatic heterocycles. The number of hydrogen-bond acceptors (Lipinski definition) is 5. The van der Waals surface area contributed by atoms with Crippen LogP contribution in [0.15, 0.2) is 12.3 Å². The lowest BCUT2D eigenvalue weighted by atomic mass is 9.96. The van der Waals surface area contributed by atoms with Gasteiger partial charge in [0.2, 0.25) is 5.91 Å². The molecule has 26 heavy (non-hydrogen) atoms. The van der Waals surface area contributed by atoms with E-state index in [0.717, 1.165) is 42.3 Å². The number of halogens is 2. The Morgan fingerprint density at radius 1 is 1.42 bits per heavy atom. The number of aryl methyl sites for hydroxylation is 2. The minimum absolute atomic E-state index is 0. The SMILES string of the molecule is Cc1nc(CCNC(=O)Cn2nccc2C2CCCNC2)sc1C.Cl.Cl. The van der Waals surface area contributed by atoms with Gasteiger partial charge in [-0.3, -0.25) is 9.48 Å². The first kappa shape index (κ1) is 22.9. The van der Waals surface area contributed by atoms with E-state index >= 15 is 0 Å². The number of nitrogens with zero attached hydrogens (tertiary/aromatic N) is 3. The van der Waals surface area contributed by atoms with Gasteiger partial charge in [0.1, 0.15) is 6.54 Å². The Labute approximate surface area is 171 Å². The third-order valence-electron chi connectivity index (χ3n) is 4.49. The van der Waals surface area contributed by atoms with Gasteiger partial charge in [-0.1, -0.05) is 0 Å². The molecule has 0 bridgehead atoms. The van der Waals surface area contributed by atoms with E-state index in [4.69, 9.17) is 0 Å². The number of amides is 1. The first-order valence-electron chi connectivity index (χ1n) is 8.55. The van der Waals surface area contributed by atoms with Crippen molar-refractivity contribution in [2.24, 2.45) is 0 Å². The smallest absolute Gasteiger partial charge is 0.241 e. The fraction of sp³-hybridized carbons (Fsp3) is 0.588. The highest BCUT2D eigenvalue weighted by Gasteiger charge is 2.19. The van der Waals surface area contributed by atoms with Gasteiger partial charge in [-0.05, 0) is 39.3 Å². The van der Waals surface area contributed by atoms with E-state index in [9.17, 15) is 4.79 Å². The molecule has 3 heterocycles. The Morgan fingerprint density at radius 3 is 2.88 bits per heavy atom. The van der Waals surface area contributed by atoms with Crippen molar-refractivity contribution in [2.45, 2.75) is 45.6 Å². The normalized spacial score (nSPS) is 16.5. The van der Waals surface area contributed by atoms with Gasteiger partial charge >= 0.3 is 0 Å². The lowest BCUT2D eigenvalue weighted by Crippen LogP contribution is -2.33. The molecule has 6 nitrogen and oxygen atoms in total. The minimum Gasteiger partial charge on any atom is -0.354 e. The van der Waals surface area contributed by atoms with Gasteiger partial charge < -0.3 is 10.6 Å². The van der Waals surface area contributed by atoms with E-state index in [1.165, 1.54) is 11.3 Å². The summed E-state index contributed by atoms with van der Waals surface area (Å²) in [5, 5.41) is 11.8. The zero-order valence-electron chi connectivity index (χ0n) is 15.2. The number of aromatic nitrogens is 3. The zero-order valence-corrected chi connectivity index (χ0v) is 17.6. The van der Waals surface area contributed by atoms with Crippen molar-refractivity contribution in [3.63, 3.8) is 0 Å². The van der Waals surface area contributed by atoms with Crippen LogP contribution in [-0.2, 0) is 17.8 Å². The second-order valence-electron chi connectivity index (χ2n) is 6.31. The molecule has 0 aliphatic carbocycles. The Balaban J connectivity index is 0.00000169. The van der Waals surface area contributed by atoms with Crippen LogP contribution in [-0.4, -0.2) is 40.3 Å². The molecule has 3 rings (SSSR count). The van der Waals surface area contributed by atoms with E-state index in [-0.39, 0.29) is 37.3 Å². The molecular formula is C17H27Cl2N5OS. The highest BCUT2D eigenvalue weighted by atomic mass is 35.5. The molecule has 1 unspecified atom stereocenters. The molecule has 2 aromatic rings. The number of thiazole rings is 1. The molecule has 1 aliphatic rings. The largest absolute Gasteiger partial charge is 0.354 e. The molecule has 1 fully saturated rings. The Bertz CT molecular complexity index is 678. The fourth-order valence-corrected chi connectivity index (χ4v) is 4.01. The van der Waals surface area contributed by atoms with Crippen molar-refractivity contribution in [1.29, 1.82) is 0 Å². The first-order chi connectivity index (χ1) is 11.6. The third kappa shape index (κ3) is 5.94. The van der Waals surface area contributed by atoms with Crippen molar-refractivity contribution in [1.82, 2.24) is 25.4 Å². The Kier molecular flexibility index (Phi) is 9.57. The summed E-state index contributed by atoms with van der Waals surface area (Å²) >= 11 is 1.71. The molecule has 1 saturated heterocycles. The summed E-state index contributed by atoms with van der Waals surface area (Å²) in [6.07, 6.45) is 4.90. The van der Waals surface area contributed by atoms with Crippen LogP contribution in [0.4, 0.5) is 0 Å². The Hall–Kier alpha value is -1.15. The summed E-state index contributed by atoms with van der Waals surface area (Å²) in [7, 11) is 0. The van der Waals surface area contributed by atoms with E-state index in [1.807, 2.05) is 17.7 Å². The summed E-state index contributed by atoms with van der Waals surface area (Å²) in [5.74, 6) is 0.462. The van der Waals surface area contributed by atoms with Crippen molar-refractivity contribution < 1.29 is 4.79 Å². The summed E-state index contributed by atoms with van der Waals surface area (Å²) in [5.41, 5.74) is 2.24. The van der Waals surface area contributed by atoms with Crippen LogP contribution in [0.1, 0.15) is 40.0 Å². The van der Waals surface area contributed by atoms with Gasteiger partial charge in [-0.25, -0.2) is 4.98 Å². The maximum Gasteiger partial charge on any atom is 0.241 e. The number of nitrogens with one attached hydrogen (secondary N) is 2. The van der Waals surface area contributed by atoms with Crippen molar-refractivity contribution in [2.75, 3.05) is 19.6 Å². The quantitative estimate of drug-likeness (QED) is 0.754. The monoisotopic (exact) mass is 419 g/mol.